The smallest absolute Gasteiger partial charge is 0.247 e. The number of benzene rings is 2. The third kappa shape index (κ3) is 8.52. The molecule has 1 aliphatic carbocycles. The number of amides is 2. The number of methoxy groups -OCH3 is 3. The zero-order valence-corrected chi connectivity index (χ0v) is 27.3. The molecule has 0 heterocycles. The molecule has 3 atom stereocenters. The first-order valence-electron chi connectivity index (χ1n) is 14.0. The molecular formula is C31H41IN2O9. The Labute approximate surface area is 265 Å². The summed E-state index contributed by atoms with van der Waals surface area (Å²) in [7, 11) is 4.61. The molecule has 12 heteroatoms. The van der Waals surface area contributed by atoms with Crippen molar-refractivity contribution < 1.29 is 43.9 Å². The molecule has 236 valence electrons. The standard InChI is InChI=1S/C31H41IN2O9/c1-18(2)31(39)34(10-8-20-14-22(40-3)6-7-25(20)41-4)24-15-21(30(38)33-9-11-35)16-26(28(24)37)43-29-23(32)12-19(17-36)13-27(29)42-5/h6-7,12-14,16,18,24,26,28,35-37H,8-11,15,17H2,1-5H3,(H,33,38). The first-order valence-corrected chi connectivity index (χ1v) is 15.1. The molecule has 0 fully saturated rings. The molecule has 3 rings (SSSR count). The largest absolute Gasteiger partial charge is 0.497 e. The summed E-state index contributed by atoms with van der Waals surface area (Å²) in [6, 6.07) is 8.00. The van der Waals surface area contributed by atoms with Crippen LogP contribution >= 0.6 is 22.6 Å². The number of nitrogens with one attached hydrogen (secondary N) is 1. The minimum absolute atomic E-state index is 0.0491. The van der Waals surface area contributed by atoms with Crippen LogP contribution in [0.25, 0.3) is 0 Å². The van der Waals surface area contributed by atoms with Crippen LogP contribution in [-0.2, 0) is 22.6 Å². The first kappa shape index (κ1) is 34.4. The van der Waals surface area contributed by atoms with E-state index in [1.54, 1.807) is 63.3 Å². The molecule has 2 aromatic carbocycles. The van der Waals surface area contributed by atoms with Gasteiger partial charge in [0.2, 0.25) is 11.8 Å². The molecule has 4 N–H and O–H groups in total. The van der Waals surface area contributed by atoms with Crippen LogP contribution in [0.4, 0.5) is 0 Å². The molecule has 0 saturated carbocycles. The van der Waals surface area contributed by atoms with Crippen molar-refractivity contribution in [3.63, 3.8) is 0 Å². The molecule has 0 spiro atoms. The minimum Gasteiger partial charge on any atom is -0.497 e. The molecule has 2 amide bonds. The normalized spacial score (nSPS) is 18.1. The van der Waals surface area contributed by atoms with E-state index >= 15 is 0 Å². The highest BCUT2D eigenvalue weighted by Gasteiger charge is 2.41. The summed E-state index contributed by atoms with van der Waals surface area (Å²) in [4.78, 5) is 28.4. The van der Waals surface area contributed by atoms with Crippen molar-refractivity contribution >= 4 is 34.4 Å². The Bertz CT molecular complexity index is 1300. The molecule has 11 nitrogen and oxygen atoms in total. The Balaban J connectivity index is 2.03. The fraction of sp³-hybridized carbons (Fsp3) is 0.484. The fourth-order valence-electron chi connectivity index (χ4n) is 4.98. The summed E-state index contributed by atoms with van der Waals surface area (Å²) in [5.74, 6) is 0.961. The lowest BCUT2D eigenvalue weighted by molar-refractivity contribution is -0.141. The number of aliphatic hydroxyl groups is 3. The van der Waals surface area contributed by atoms with Crippen LogP contribution < -0.4 is 24.3 Å². The lowest BCUT2D eigenvalue weighted by Gasteiger charge is -2.41. The SMILES string of the molecule is COc1ccc(OC)c(CCN(C(=O)C(C)C)C2CC(C(=O)NCCO)=CC(Oc3c(I)cc(CO)cc3OC)C2O)c1. The minimum atomic E-state index is -1.21. The van der Waals surface area contributed by atoms with Crippen molar-refractivity contribution in [3.05, 3.63) is 56.7 Å². The second kappa shape index (κ2) is 16.1. The summed E-state index contributed by atoms with van der Waals surface area (Å²) in [5, 5.41) is 33.3. The number of halogens is 1. The van der Waals surface area contributed by atoms with Crippen LogP contribution in [-0.4, -0.2) is 91.3 Å². The van der Waals surface area contributed by atoms with Gasteiger partial charge in [0.05, 0.1) is 44.2 Å². The summed E-state index contributed by atoms with van der Waals surface area (Å²) in [6.07, 6.45) is -0.208. The van der Waals surface area contributed by atoms with Crippen LogP contribution in [0.15, 0.2) is 42.0 Å². The Morgan fingerprint density at radius 3 is 2.40 bits per heavy atom. The maximum absolute atomic E-state index is 13.6. The van der Waals surface area contributed by atoms with Crippen molar-refractivity contribution in [2.45, 2.75) is 51.5 Å². The van der Waals surface area contributed by atoms with Gasteiger partial charge in [-0.25, -0.2) is 0 Å². The van der Waals surface area contributed by atoms with E-state index in [4.69, 9.17) is 18.9 Å². The Hall–Kier alpha value is -3.07. The maximum atomic E-state index is 13.6. The molecule has 0 bridgehead atoms. The van der Waals surface area contributed by atoms with Gasteiger partial charge in [0.1, 0.15) is 23.7 Å². The van der Waals surface area contributed by atoms with E-state index in [1.807, 2.05) is 6.07 Å². The van der Waals surface area contributed by atoms with Crippen LogP contribution in [0.5, 0.6) is 23.0 Å². The maximum Gasteiger partial charge on any atom is 0.247 e. The number of hydrogen-bond acceptors (Lipinski definition) is 9. The van der Waals surface area contributed by atoms with Crippen LogP contribution in [0, 0.1) is 9.49 Å². The van der Waals surface area contributed by atoms with Crippen molar-refractivity contribution in [2.24, 2.45) is 5.92 Å². The number of carbonyl (C=O) groups is 2. The summed E-state index contributed by atoms with van der Waals surface area (Å²) < 4.78 is 23.4. The van der Waals surface area contributed by atoms with Gasteiger partial charge >= 0.3 is 0 Å². The van der Waals surface area contributed by atoms with Gasteiger partial charge in [-0.3, -0.25) is 9.59 Å². The van der Waals surface area contributed by atoms with Crippen LogP contribution in [0.3, 0.4) is 0 Å². The van der Waals surface area contributed by atoms with Gasteiger partial charge in [-0.05, 0) is 76.5 Å². The average molecular weight is 713 g/mol. The van der Waals surface area contributed by atoms with Gasteiger partial charge in [-0.2, -0.15) is 0 Å². The number of ether oxygens (including phenoxy) is 4. The summed E-state index contributed by atoms with van der Waals surface area (Å²) in [6.45, 7) is 3.41. The van der Waals surface area contributed by atoms with Gasteiger partial charge in [0.25, 0.3) is 0 Å². The number of aliphatic hydroxyl groups excluding tert-OH is 3. The quantitative estimate of drug-likeness (QED) is 0.217. The van der Waals surface area contributed by atoms with E-state index in [1.165, 1.54) is 7.11 Å². The van der Waals surface area contributed by atoms with Crippen LogP contribution in [0.2, 0.25) is 0 Å². The van der Waals surface area contributed by atoms with E-state index in [0.29, 0.717) is 44.1 Å². The van der Waals surface area contributed by atoms with Crippen molar-refractivity contribution in [1.82, 2.24) is 10.2 Å². The van der Waals surface area contributed by atoms with Gasteiger partial charge in [0.15, 0.2) is 11.5 Å². The first-order chi connectivity index (χ1) is 20.6. The third-order valence-corrected chi connectivity index (χ3v) is 8.03. The summed E-state index contributed by atoms with van der Waals surface area (Å²) in [5.41, 5.74) is 1.76. The van der Waals surface area contributed by atoms with E-state index in [0.717, 1.165) is 5.56 Å². The number of carbonyl (C=O) groups excluding carboxylic acids is 2. The molecule has 3 unspecified atom stereocenters. The number of hydrogen-bond donors (Lipinski definition) is 4. The van der Waals surface area contributed by atoms with Crippen LogP contribution in [0.1, 0.15) is 31.4 Å². The molecule has 0 aromatic heterocycles. The lowest BCUT2D eigenvalue weighted by Crippen LogP contribution is -2.56. The zero-order chi connectivity index (χ0) is 31.7. The second-order valence-electron chi connectivity index (χ2n) is 10.4. The van der Waals surface area contributed by atoms with Gasteiger partial charge < -0.3 is 44.5 Å². The third-order valence-electron chi connectivity index (χ3n) is 7.23. The van der Waals surface area contributed by atoms with Gasteiger partial charge in [-0.15, -0.1) is 0 Å². The highest BCUT2D eigenvalue weighted by Crippen LogP contribution is 2.37. The molecule has 0 radical (unpaired) electrons. The highest BCUT2D eigenvalue weighted by molar-refractivity contribution is 14.1. The number of nitrogens with zero attached hydrogens (tertiary/aromatic N) is 1. The highest BCUT2D eigenvalue weighted by atomic mass is 127. The second-order valence-corrected chi connectivity index (χ2v) is 11.6. The lowest BCUT2D eigenvalue weighted by atomic mass is 9.87. The predicted octanol–water partition coefficient (Wildman–Crippen LogP) is 2.45. The van der Waals surface area contributed by atoms with E-state index in [2.05, 4.69) is 27.9 Å². The van der Waals surface area contributed by atoms with Gasteiger partial charge in [-0.1, -0.05) is 13.8 Å². The average Bonchev–Trinajstić information content (AvgIpc) is 3.01. The Morgan fingerprint density at radius 1 is 1.07 bits per heavy atom. The topological polar surface area (TPSA) is 147 Å². The van der Waals surface area contributed by atoms with Crippen molar-refractivity contribution in [1.29, 1.82) is 0 Å². The fourth-order valence-corrected chi connectivity index (χ4v) is 5.78. The Morgan fingerprint density at radius 2 is 1.79 bits per heavy atom. The predicted molar refractivity (Wildman–Crippen MR) is 168 cm³/mol. The molecule has 0 saturated heterocycles. The van der Waals surface area contributed by atoms with Crippen molar-refractivity contribution in [2.75, 3.05) is 41.0 Å². The molecule has 2 aromatic rings. The molecule has 0 aliphatic heterocycles. The van der Waals surface area contributed by atoms with E-state index < -0.39 is 24.2 Å². The van der Waals surface area contributed by atoms with Crippen molar-refractivity contribution in [3.8, 4) is 23.0 Å². The number of rotatable bonds is 14. The zero-order valence-electron chi connectivity index (χ0n) is 25.1. The molecule has 1 aliphatic rings. The Kier molecular flexibility index (Phi) is 12.9. The summed E-state index contributed by atoms with van der Waals surface area (Å²) >= 11 is 2.06. The molecule has 43 heavy (non-hydrogen) atoms. The van der Waals surface area contributed by atoms with Gasteiger partial charge in [0, 0.05) is 31.0 Å². The monoisotopic (exact) mass is 712 g/mol. The van der Waals surface area contributed by atoms with E-state index in [-0.39, 0.29) is 44.5 Å². The molecular weight excluding hydrogens is 671 g/mol. The van der Waals surface area contributed by atoms with E-state index in [9.17, 15) is 24.9 Å².